The molecule has 1 aromatic carbocycles. The molecule has 4 nitrogen and oxygen atoms in total. The molecule has 1 saturated carbocycles. The van der Waals surface area contributed by atoms with Gasteiger partial charge < -0.3 is 5.32 Å². The van der Waals surface area contributed by atoms with Crippen LogP contribution in [0, 0.1) is 0 Å². The predicted molar refractivity (Wildman–Crippen MR) is 68.5 cm³/mol. The van der Waals surface area contributed by atoms with E-state index in [1.54, 1.807) is 24.3 Å². The predicted octanol–water partition coefficient (Wildman–Crippen LogP) is 1.72. The molecule has 2 aliphatic rings. The van der Waals surface area contributed by atoms with Gasteiger partial charge in [0.15, 0.2) is 0 Å². The highest BCUT2D eigenvalue weighted by Crippen LogP contribution is 2.27. The Balaban J connectivity index is 1.80. The van der Waals surface area contributed by atoms with Gasteiger partial charge in [0.1, 0.15) is 0 Å². The maximum atomic E-state index is 12.2. The normalized spacial score (nSPS) is 23.8. The summed E-state index contributed by atoms with van der Waals surface area (Å²) < 4.78 is 0. The third kappa shape index (κ3) is 2.13. The first kappa shape index (κ1) is 11.7. The Morgan fingerprint density at radius 1 is 1.17 bits per heavy atom. The van der Waals surface area contributed by atoms with Crippen molar-refractivity contribution >= 4 is 29.1 Å². The number of carbonyl (C=O) groups is 2. The van der Waals surface area contributed by atoms with Gasteiger partial charge in [-0.1, -0.05) is 11.6 Å². The van der Waals surface area contributed by atoms with E-state index in [0.29, 0.717) is 16.8 Å². The zero-order chi connectivity index (χ0) is 12.7. The zero-order valence-electron chi connectivity index (χ0n) is 9.73. The Bertz CT molecular complexity index is 496. The molecule has 1 aliphatic carbocycles. The molecular formula is C13H13ClN2O2. The summed E-state index contributed by atoms with van der Waals surface area (Å²) in [6.45, 7) is 0. The van der Waals surface area contributed by atoms with Gasteiger partial charge in [-0.2, -0.15) is 0 Å². The van der Waals surface area contributed by atoms with Crippen LogP contribution in [0.2, 0.25) is 5.02 Å². The van der Waals surface area contributed by atoms with E-state index in [1.165, 1.54) is 4.90 Å². The van der Waals surface area contributed by atoms with Gasteiger partial charge in [-0.15, -0.1) is 0 Å². The Morgan fingerprint density at radius 2 is 1.83 bits per heavy atom. The van der Waals surface area contributed by atoms with Crippen molar-refractivity contribution in [3.63, 3.8) is 0 Å². The van der Waals surface area contributed by atoms with Crippen LogP contribution in [-0.4, -0.2) is 23.9 Å². The van der Waals surface area contributed by atoms with Crippen molar-refractivity contribution in [2.45, 2.75) is 31.3 Å². The van der Waals surface area contributed by atoms with E-state index in [-0.39, 0.29) is 24.3 Å². The summed E-state index contributed by atoms with van der Waals surface area (Å²) >= 11 is 5.80. The molecule has 1 aromatic rings. The number of amides is 2. The SMILES string of the molecule is O=C1C[C@H](NC2CC2)C(=O)N1c1ccc(Cl)cc1. The standard InChI is InChI=1S/C13H13ClN2O2/c14-8-1-5-10(6-2-8)16-12(17)7-11(13(16)18)15-9-3-4-9/h1-2,5-6,9,11,15H,3-4,7H2/t11-/m0/s1. The molecule has 94 valence electrons. The van der Waals surface area contributed by atoms with Crippen LogP contribution in [-0.2, 0) is 9.59 Å². The lowest BCUT2D eigenvalue weighted by atomic mass is 10.2. The van der Waals surface area contributed by atoms with Gasteiger partial charge in [-0.25, -0.2) is 4.90 Å². The number of imide groups is 1. The highest BCUT2D eigenvalue weighted by molar-refractivity contribution is 6.30. The molecule has 0 unspecified atom stereocenters. The number of nitrogens with one attached hydrogen (secondary N) is 1. The van der Waals surface area contributed by atoms with Crippen molar-refractivity contribution in [3.05, 3.63) is 29.3 Å². The first-order chi connectivity index (χ1) is 8.65. The summed E-state index contributed by atoms with van der Waals surface area (Å²) in [4.78, 5) is 25.3. The molecule has 18 heavy (non-hydrogen) atoms. The van der Waals surface area contributed by atoms with Gasteiger partial charge in [-0.05, 0) is 37.1 Å². The van der Waals surface area contributed by atoms with Gasteiger partial charge in [0.05, 0.1) is 18.2 Å². The highest BCUT2D eigenvalue weighted by atomic mass is 35.5. The topological polar surface area (TPSA) is 49.4 Å². The van der Waals surface area contributed by atoms with Crippen LogP contribution in [0.4, 0.5) is 5.69 Å². The van der Waals surface area contributed by atoms with Crippen LogP contribution in [0.5, 0.6) is 0 Å². The summed E-state index contributed by atoms with van der Waals surface area (Å²) in [6, 6.07) is 6.80. The molecule has 2 amide bonds. The smallest absolute Gasteiger partial charge is 0.251 e. The molecule has 2 fully saturated rings. The van der Waals surface area contributed by atoms with Crippen LogP contribution in [0.1, 0.15) is 19.3 Å². The maximum Gasteiger partial charge on any atom is 0.251 e. The first-order valence-electron chi connectivity index (χ1n) is 6.03. The van der Waals surface area contributed by atoms with Crippen LogP contribution >= 0.6 is 11.6 Å². The van der Waals surface area contributed by atoms with Crippen molar-refractivity contribution in [1.82, 2.24) is 5.32 Å². The number of anilines is 1. The van der Waals surface area contributed by atoms with Crippen molar-refractivity contribution in [2.75, 3.05) is 4.90 Å². The van der Waals surface area contributed by atoms with E-state index in [4.69, 9.17) is 11.6 Å². The molecule has 0 aromatic heterocycles. The minimum atomic E-state index is -0.360. The molecule has 0 radical (unpaired) electrons. The van der Waals surface area contributed by atoms with Crippen LogP contribution in [0.15, 0.2) is 24.3 Å². The largest absolute Gasteiger partial charge is 0.303 e. The molecule has 0 spiro atoms. The summed E-state index contributed by atoms with van der Waals surface area (Å²) in [6.07, 6.45) is 2.44. The number of hydrogen-bond donors (Lipinski definition) is 1. The second kappa shape index (κ2) is 4.37. The Kier molecular flexibility index (Phi) is 2.84. The number of benzene rings is 1. The van der Waals surface area contributed by atoms with Crippen molar-refractivity contribution < 1.29 is 9.59 Å². The quantitative estimate of drug-likeness (QED) is 0.846. The third-order valence-electron chi connectivity index (χ3n) is 3.25. The molecule has 5 heteroatoms. The Morgan fingerprint density at radius 3 is 2.44 bits per heavy atom. The lowest BCUT2D eigenvalue weighted by molar-refractivity contribution is -0.121. The molecule has 0 bridgehead atoms. The fourth-order valence-corrected chi connectivity index (χ4v) is 2.28. The number of hydrogen-bond acceptors (Lipinski definition) is 3. The van der Waals surface area contributed by atoms with Gasteiger partial charge in [-0.3, -0.25) is 9.59 Å². The first-order valence-corrected chi connectivity index (χ1v) is 6.41. The fourth-order valence-electron chi connectivity index (χ4n) is 2.16. The lowest BCUT2D eigenvalue weighted by Gasteiger charge is -2.15. The molecule has 1 heterocycles. The van der Waals surface area contributed by atoms with Gasteiger partial charge in [0, 0.05) is 11.1 Å². The molecule has 1 saturated heterocycles. The molecular weight excluding hydrogens is 252 g/mol. The molecule has 3 rings (SSSR count). The zero-order valence-corrected chi connectivity index (χ0v) is 10.5. The molecule has 1 N–H and O–H groups in total. The van der Waals surface area contributed by atoms with Gasteiger partial charge >= 0.3 is 0 Å². The van der Waals surface area contributed by atoms with Gasteiger partial charge in [0.2, 0.25) is 5.91 Å². The number of rotatable bonds is 3. The monoisotopic (exact) mass is 264 g/mol. The summed E-state index contributed by atoms with van der Waals surface area (Å²) in [7, 11) is 0. The lowest BCUT2D eigenvalue weighted by Crippen LogP contribution is -2.39. The van der Waals surface area contributed by atoms with Crippen LogP contribution in [0.25, 0.3) is 0 Å². The second-order valence-corrected chi connectivity index (χ2v) is 5.18. The number of halogens is 1. The minimum Gasteiger partial charge on any atom is -0.303 e. The Labute approximate surface area is 110 Å². The van der Waals surface area contributed by atoms with Crippen molar-refractivity contribution in [2.24, 2.45) is 0 Å². The number of carbonyl (C=O) groups excluding carboxylic acids is 2. The third-order valence-corrected chi connectivity index (χ3v) is 3.50. The van der Waals surface area contributed by atoms with Crippen LogP contribution < -0.4 is 10.2 Å². The van der Waals surface area contributed by atoms with E-state index < -0.39 is 0 Å². The average molecular weight is 265 g/mol. The van der Waals surface area contributed by atoms with Crippen LogP contribution in [0.3, 0.4) is 0 Å². The summed E-state index contributed by atoms with van der Waals surface area (Å²) in [5.41, 5.74) is 0.592. The minimum absolute atomic E-state index is 0.152. The van der Waals surface area contributed by atoms with Gasteiger partial charge in [0.25, 0.3) is 5.91 Å². The summed E-state index contributed by atoms with van der Waals surface area (Å²) in [5.74, 6) is -0.310. The average Bonchev–Trinajstić information content (AvgIpc) is 3.10. The van der Waals surface area contributed by atoms with Crippen molar-refractivity contribution in [1.29, 1.82) is 0 Å². The second-order valence-electron chi connectivity index (χ2n) is 4.74. The molecule has 1 aliphatic heterocycles. The Hall–Kier alpha value is -1.39. The van der Waals surface area contributed by atoms with E-state index in [9.17, 15) is 9.59 Å². The van der Waals surface area contributed by atoms with E-state index in [2.05, 4.69) is 5.32 Å². The van der Waals surface area contributed by atoms with E-state index in [1.807, 2.05) is 0 Å². The maximum absolute atomic E-state index is 12.2. The van der Waals surface area contributed by atoms with E-state index in [0.717, 1.165) is 12.8 Å². The number of nitrogens with zero attached hydrogens (tertiary/aromatic N) is 1. The summed E-state index contributed by atoms with van der Waals surface area (Å²) in [5, 5.41) is 3.79. The van der Waals surface area contributed by atoms with E-state index >= 15 is 0 Å². The van der Waals surface area contributed by atoms with Crippen molar-refractivity contribution in [3.8, 4) is 0 Å². The fraction of sp³-hybridized carbons (Fsp3) is 0.385. The highest BCUT2D eigenvalue weighted by Gasteiger charge is 2.41. The molecule has 1 atom stereocenters.